The number of rotatable bonds is 5. The van der Waals surface area contributed by atoms with Gasteiger partial charge in [-0.15, -0.1) is 0 Å². The molecule has 1 N–H and O–H groups in total. The lowest BCUT2D eigenvalue weighted by Gasteiger charge is -2.15. The first-order valence-corrected chi connectivity index (χ1v) is 5.50. The monoisotopic (exact) mass is 248 g/mol. The molecule has 0 aliphatic heterocycles. The molecule has 5 nitrogen and oxygen atoms in total. The maximum atomic E-state index is 11.3. The number of hydrogen-bond acceptors (Lipinski definition) is 4. The summed E-state index contributed by atoms with van der Waals surface area (Å²) in [6, 6.07) is 7.05. The smallest absolute Gasteiger partial charge is 0.234 e. The largest absolute Gasteiger partial charge is 0.493 e. The predicted octanol–water partition coefficient (Wildman–Crippen LogP) is 1.79. The average molecular weight is 248 g/mol. The Hall–Kier alpha value is -2.22. The molecule has 1 atom stereocenters. The molecular formula is C13H16N2O3. The first kappa shape index (κ1) is 13.8. The van der Waals surface area contributed by atoms with E-state index in [4.69, 9.17) is 14.7 Å². The average Bonchev–Trinajstić information content (AvgIpc) is 2.38. The first-order valence-electron chi connectivity index (χ1n) is 5.50. The minimum Gasteiger partial charge on any atom is -0.493 e. The fourth-order valence-electron chi connectivity index (χ4n) is 1.57. The summed E-state index contributed by atoms with van der Waals surface area (Å²) in [4.78, 5) is 11.3. The summed E-state index contributed by atoms with van der Waals surface area (Å²) in [5.41, 5.74) is 0.888. The second-order valence-electron chi connectivity index (χ2n) is 3.74. The molecule has 1 amide bonds. The van der Waals surface area contributed by atoms with E-state index in [0.717, 1.165) is 5.56 Å². The van der Waals surface area contributed by atoms with Crippen LogP contribution in [-0.4, -0.2) is 20.1 Å². The van der Waals surface area contributed by atoms with Gasteiger partial charge in [-0.3, -0.25) is 4.79 Å². The van der Waals surface area contributed by atoms with E-state index in [1.165, 1.54) is 0 Å². The maximum absolute atomic E-state index is 11.3. The van der Waals surface area contributed by atoms with Gasteiger partial charge in [-0.05, 0) is 24.6 Å². The van der Waals surface area contributed by atoms with Crippen LogP contribution in [0.5, 0.6) is 11.5 Å². The van der Waals surface area contributed by atoms with Crippen LogP contribution in [0.1, 0.15) is 24.9 Å². The van der Waals surface area contributed by atoms with Crippen LogP contribution < -0.4 is 14.8 Å². The van der Waals surface area contributed by atoms with Gasteiger partial charge in [0.1, 0.15) is 6.42 Å². The minimum atomic E-state index is -0.292. The van der Waals surface area contributed by atoms with E-state index in [-0.39, 0.29) is 18.4 Å². The fraction of sp³-hybridized carbons (Fsp3) is 0.385. The topological polar surface area (TPSA) is 71.3 Å². The molecule has 0 heterocycles. The zero-order valence-corrected chi connectivity index (χ0v) is 10.7. The molecule has 5 heteroatoms. The van der Waals surface area contributed by atoms with Gasteiger partial charge in [0.25, 0.3) is 0 Å². The number of amides is 1. The molecule has 0 saturated carbocycles. The Morgan fingerprint density at radius 2 is 2.06 bits per heavy atom. The van der Waals surface area contributed by atoms with E-state index >= 15 is 0 Å². The minimum absolute atomic E-state index is 0.141. The standard InChI is InChI=1S/C13H16N2O3/c1-9(15-13(16)6-7-14)10-4-5-11(17-2)12(8-10)18-3/h4-5,8-9H,6H2,1-3H3,(H,15,16)/t9-/m1/s1. The summed E-state index contributed by atoms with van der Waals surface area (Å²) in [5, 5.41) is 11.2. The molecule has 0 radical (unpaired) electrons. The first-order chi connectivity index (χ1) is 8.62. The Balaban J connectivity index is 2.83. The van der Waals surface area contributed by atoms with Crippen molar-refractivity contribution in [3.63, 3.8) is 0 Å². The molecule has 1 aromatic carbocycles. The number of hydrogen-bond donors (Lipinski definition) is 1. The maximum Gasteiger partial charge on any atom is 0.234 e. The van der Waals surface area contributed by atoms with Gasteiger partial charge >= 0.3 is 0 Å². The zero-order valence-electron chi connectivity index (χ0n) is 10.7. The Morgan fingerprint density at radius 1 is 1.39 bits per heavy atom. The quantitative estimate of drug-likeness (QED) is 0.862. The lowest BCUT2D eigenvalue weighted by molar-refractivity contribution is -0.120. The second-order valence-corrected chi connectivity index (χ2v) is 3.74. The Bertz CT molecular complexity index is 466. The highest BCUT2D eigenvalue weighted by Gasteiger charge is 2.12. The van der Waals surface area contributed by atoms with E-state index in [2.05, 4.69) is 5.32 Å². The molecule has 18 heavy (non-hydrogen) atoms. The van der Waals surface area contributed by atoms with Gasteiger partial charge in [0, 0.05) is 0 Å². The molecule has 0 unspecified atom stereocenters. The molecule has 0 fully saturated rings. The third-order valence-electron chi connectivity index (χ3n) is 2.52. The highest BCUT2D eigenvalue weighted by Crippen LogP contribution is 2.29. The number of methoxy groups -OCH3 is 2. The van der Waals surface area contributed by atoms with Crippen LogP contribution in [0.2, 0.25) is 0 Å². The Morgan fingerprint density at radius 3 is 2.61 bits per heavy atom. The number of nitriles is 1. The van der Waals surface area contributed by atoms with Gasteiger partial charge in [0.2, 0.25) is 5.91 Å². The van der Waals surface area contributed by atoms with Crippen molar-refractivity contribution in [2.45, 2.75) is 19.4 Å². The SMILES string of the molecule is COc1ccc([C@@H](C)NC(=O)CC#N)cc1OC. The predicted molar refractivity (Wildman–Crippen MR) is 66.3 cm³/mol. The third-order valence-corrected chi connectivity index (χ3v) is 2.52. The van der Waals surface area contributed by atoms with E-state index in [0.29, 0.717) is 11.5 Å². The third kappa shape index (κ3) is 3.39. The van der Waals surface area contributed by atoms with E-state index in [9.17, 15) is 4.79 Å². The van der Waals surface area contributed by atoms with Crippen molar-refractivity contribution in [3.8, 4) is 17.6 Å². The molecule has 96 valence electrons. The lowest BCUT2D eigenvalue weighted by Crippen LogP contribution is -2.25. The second kappa shape index (κ2) is 6.50. The summed E-state index contributed by atoms with van der Waals surface area (Å²) in [6.07, 6.45) is -0.141. The van der Waals surface area contributed by atoms with Crippen molar-refractivity contribution < 1.29 is 14.3 Å². The summed E-state index contributed by atoms with van der Waals surface area (Å²) in [5.74, 6) is 0.952. The number of nitrogens with one attached hydrogen (secondary N) is 1. The van der Waals surface area contributed by atoms with Crippen molar-refractivity contribution in [2.75, 3.05) is 14.2 Å². The van der Waals surface area contributed by atoms with Crippen LogP contribution in [0.4, 0.5) is 0 Å². The number of carbonyl (C=O) groups excluding carboxylic acids is 1. The van der Waals surface area contributed by atoms with Gasteiger partial charge in [-0.25, -0.2) is 0 Å². The van der Waals surface area contributed by atoms with Gasteiger partial charge in [0.15, 0.2) is 11.5 Å². The molecule has 0 aromatic heterocycles. The van der Waals surface area contributed by atoms with Crippen molar-refractivity contribution >= 4 is 5.91 Å². The summed E-state index contributed by atoms with van der Waals surface area (Å²) >= 11 is 0. The van der Waals surface area contributed by atoms with Crippen LogP contribution >= 0.6 is 0 Å². The number of carbonyl (C=O) groups is 1. The van der Waals surface area contributed by atoms with Crippen molar-refractivity contribution in [1.82, 2.24) is 5.32 Å². The highest BCUT2D eigenvalue weighted by molar-refractivity contribution is 5.78. The molecular weight excluding hydrogens is 232 g/mol. The zero-order chi connectivity index (χ0) is 13.5. The van der Waals surface area contributed by atoms with Crippen LogP contribution in [0.3, 0.4) is 0 Å². The van der Waals surface area contributed by atoms with E-state index in [1.807, 2.05) is 19.1 Å². The van der Waals surface area contributed by atoms with Crippen molar-refractivity contribution in [2.24, 2.45) is 0 Å². The van der Waals surface area contributed by atoms with Gasteiger partial charge in [-0.2, -0.15) is 5.26 Å². The summed E-state index contributed by atoms with van der Waals surface area (Å²) in [6.45, 7) is 1.84. The molecule has 0 spiro atoms. The normalized spacial score (nSPS) is 11.2. The fourth-order valence-corrected chi connectivity index (χ4v) is 1.57. The number of benzene rings is 1. The molecule has 0 aliphatic carbocycles. The Labute approximate surface area is 106 Å². The number of nitrogens with zero attached hydrogens (tertiary/aromatic N) is 1. The van der Waals surface area contributed by atoms with Crippen LogP contribution in [0.15, 0.2) is 18.2 Å². The molecule has 0 aliphatic rings. The summed E-state index contributed by atoms with van der Waals surface area (Å²) in [7, 11) is 3.12. The van der Waals surface area contributed by atoms with Crippen molar-refractivity contribution in [3.05, 3.63) is 23.8 Å². The lowest BCUT2D eigenvalue weighted by atomic mass is 10.1. The van der Waals surface area contributed by atoms with Gasteiger partial charge in [-0.1, -0.05) is 6.07 Å². The highest BCUT2D eigenvalue weighted by atomic mass is 16.5. The van der Waals surface area contributed by atoms with Crippen LogP contribution in [0.25, 0.3) is 0 Å². The van der Waals surface area contributed by atoms with Crippen LogP contribution in [0, 0.1) is 11.3 Å². The van der Waals surface area contributed by atoms with Crippen LogP contribution in [-0.2, 0) is 4.79 Å². The van der Waals surface area contributed by atoms with E-state index < -0.39 is 0 Å². The summed E-state index contributed by atoms with van der Waals surface area (Å²) < 4.78 is 10.3. The number of ether oxygens (including phenoxy) is 2. The van der Waals surface area contributed by atoms with E-state index in [1.54, 1.807) is 26.4 Å². The molecule has 1 rings (SSSR count). The molecule has 1 aromatic rings. The van der Waals surface area contributed by atoms with Gasteiger partial charge in [0.05, 0.1) is 26.3 Å². The Kier molecular flexibility index (Phi) is 5.00. The molecule has 0 bridgehead atoms. The van der Waals surface area contributed by atoms with Crippen molar-refractivity contribution in [1.29, 1.82) is 5.26 Å². The molecule has 0 saturated heterocycles. The van der Waals surface area contributed by atoms with Gasteiger partial charge < -0.3 is 14.8 Å².